The van der Waals surface area contributed by atoms with E-state index in [0.717, 1.165) is 30.3 Å². The molecule has 0 aliphatic heterocycles. The van der Waals surface area contributed by atoms with Gasteiger partial charge in [0.2, 0.25) is 0 Å². The van der Waals surface area contributed by atoms with E-state index in [1.165, 1.54) is 12.1 Å². The van der Waals surface area contributed by atoms with Crippen molar-refractivity contribution in [2.75, 3.05) is 0 Å². The smallest absolute Gasteiger partial charge is 0.319 e. The molecule has 0 amide bonds. The van der Waals surface area contributed by atoms with E-state index in [1.54, 1.807) is 0 Å². The van der Waals surface area contributed by atoms with Crippen molar-refractivity contribution in [2.45, 2.75) is 5.92 Å². The summed E-state index contributed by atoms with van der Waals surface area (Å²) in [7, 11) is 0. The lowest BCUT2D eigenvalue weighted by atomic mass is 9.89. The molecular weight excluding hydrogens is 373 g/mol. The average Bonchev–Trinajstić information content (AvgIpc) is 2.47. The van der Waals surface area contributed by atoms with E-state index >= 15 is 0 Å². The van der Waals surface area contributed by atoms with Crippen molar-refractivity contribution in [1.29, 1.82) is 0 Å². The molecule has 23 heavy (non-hydrogen) atoms. The van der Waals surface area contributed by atoms with Crippen molar-refractivity contribution >= 4 is 33.4 Å². The Bertz CT molecular complexity index is 791. The Kier molecular flexibility index (Phi) is 4.85. The zero-order valence-electron chi connectivity index (χ0n) is 11.4. The highest BCUT2D eigenvalue weighted by Gasteiger charge is 2.34. The molecular formula is C15H9BrFNO5. The number of carboxylic acids is 1. The van der Waals surface area contributed by atoms with Gasteiger partial charge in [-0.2, -0.15) is 0 Å². The summed E-state index contributed by atoms with van der Waals surface area (Å²) in [5, 5.41) is 20.5. The van der Waals surface area contributed by atoms with Gasteiger partial charge in [0.1, 0.15) is 5.82 Å². The lowest BCUT2D eigenvalue weighted by Gasteiger charge is -2.12. The van der Waals surface area contributed by atoms with Gasteiger partial charge in [-0.3, -0.25) is 19.7 Å². The number of carbonyl (C=O) groups excluding carboxylic acids is 1. The number of nitro benzene ring substituents is 1. The number of halogens is 2. The average molecular weight is 382 g/mol. The SMILES string of the molecule is O=C(O)C(C(=O)c1ccc(F)cc1)c1cc(Br)ccc1[N+](=O)[O-]. The number of benzene rings is 2. The van der Waals surface area contributed by atoms with Gasteiger partial charge >= 0.3 is 5.97 Å². The second-order valence-electron chi connectivity index (χ2n) is 4.60. The van der Waals surface area contributed by atoms with Crippen molar-refractivity contribution < 1.29 is 24.0 Å². The molecule has 0 fully saturated rings. The van der Waals surface area contributed by atoms with E-state index in [1.807, 2.05) is 0 Å². The van der Waals surface area contributed by atoms with E-state index in [2.05, 4.69) is 15.9 Å². The van der Waals surface area contributed by atoms with Crippen molar-refractivity contribution in [3.63, 3.8) is 0 Å². The monoisotopic (exact) mass is 381 g/mol. The van der Waals surface area contributed by atoms with E-state index in [4.69, 9.17) is 0 Å². The van der Waals surface area contributed by atoms with Gasteiger partial charge < -0.3 is 5.11 Å². The largest absolute Gasteiger partial charge is 0.480 e. The summed E-state index contributed by atoms with van der Waals surface area (Å²) in [6.07, 6.45) is 0. The summed E-state index contributed by atoms with van der Waals surface area (Å²) in [6.45, 7) is 0. The van der Waals surface area contributed by atoms with Crippen LogP contribution in [-0.4, -0.2) is 21.8 Å². The minimum absolute atomic E-state index is 0.0481. The van der Waals surface area contributed by atoms with Crippen LogP contribution in [-0.2, 0) is 4.79 Å². The van der Waals surface area contributed by atoms with Crippen LogP contribution in [0.25, 0.3) is 0 Å². The first-order chi connectivity index (χ1) is 10.8. The van der Waals surface area contributed by atoms with Crippen LogP contribution in [0.4, 0.5) is 10.1 Å². The van der Waals surface area contributed by atoms with Gasteiger partial charge in [-0.05, 0) is 36.4 Å². The van der Waals surface area contributed by atoms with E-state index in [-0.39, 0.29) is 11.1 Å². The number of Topliss-reactive ketones (excluding diaryl/α,β-unsaturated/α-hetero) is 1. The highest BCUT2D eigenvalue weighted by Crippen LogP contribution is 2.32. The molecule has 2 rings (SSSR count). The summed E-state index contributed by atoms with van der Waals surface area (Å²) in [4.78, 5) is 34.3. The van der Waals surface area contributed by atoms with Gasteiger partial charge in [-0.25, -0.2) is 4.39 Å². The molecule has 2 aromatic rings. The van der Waals surface area contributed by atoms with Crippen molar-refractivity contribution in [3.05, 3.63) is 74.0 Å². The molecule has 0 heterocycles. The second-order valence-corrected chi connectivity index (χ2v) is 5.52. The molecule has 8 heteroatoms. The molecule has 0 bridgehead atoms. The number of nitrogens with zero attached hydrogens (tertiary/aromatic N) is 1. The van der Waals surface area contributed by atoms with Gasteiger partial charge in [0.25, 0.3) is 5.69 Å². The Labute approximate surface area is 137 Å². The second kappa shape index (κ2) is 6.66. The molecule has 0 spiro atoms. The Hall–Kier alpha value is -2.61. The molecule has 0 aromatic heterocycles. The maximum absolute atomic E-state index is 12.9. The Morgan fingerprint density at radius 3 is 2.30 bits per heavy atom. The lowest BCUT2D eigenvalue weighted by molar-refractivity contribution is -0.385. The van der Waals surface area contributed by atoms with E-state index < -0.39 is 34.1 Å². The van der Waals surface area contributed by atoms with Crippen LogP contribution >= 0.6 is 15.9 Å². The number of rotatable bonds is 5. The van der Waals surface area contributed by atoms with Crippen molar-refractivity contribution in [3.8, 4) is 0 Å². The molecule has 1 unspecified atom stereocenters. The van der Waals surface area contributed by atoms with Crippen molar-refractivity contribution in [1.82, 2.24) is 0 Å². The molecule has 0 radical (unpaired) electrons. The third kappa shape index (κ3) is 3.59. The number of carboxylic acid groups (broad SMARTS) is 1. The first kappa shape index (κ1) is 16.8. The van der Waals surface area contributed by atoms with E-state index in [9.17, 15) is 29.2 Å². The normalized spacial score (nSPS) is 11.7. The van der Waals surface area contributed by atoms with E-state index in [0.29, 0.717) is 4.47 Å². The van der Waals surface area contributed by atoms with Crippen LogP contribution < -0.4 is 0 Å². The zero-order valence-corrected chi connectivity index (χ0v) is 13.0. The fourth-order valence-electron chi connectivity index (χ4n) is 2.09. The maximum Gasteiger partial charge on any atom is 0.319 e. The van der Waals surface area contributed by atoms with Crippen LogP contribution in [0.5, 0.6) is 0 Å². The minimum Gasteiger partial charge on any atom is -0.480 e. The number of carbonyl (C=O) groups is 2. The quantitative estimate of drug-likeness (QED) is 0.369. The van der Waals surface area contributed by atoms with Crippen LogP contribution in [0.3, 0.4) is 0 Å². The highest BCUT2D eigenvalue weighted by molar-refractivity contribution is 9.10. The number of nitro groups is 1. The summed E-state index contributed by atoms with van der Waals surface area (Å²) in [6, 6.07) is 8.02. The molecule has 0 saturated heterocycles. The fraction of sp³-hybridized carbons (Fsp3) is 0.0667. The minimum atomic E-state index is -1.77. The predicted molar refractivity (Wildman–Crippen MR) is 81.9 cm³/mol. The Morgan fingerprint density at radius 1 is 1.17 bits per heavy atom. The molecule has 118 valence electrons. The van der Waals surface area contributed by atoms with Gasteiger partial charge in [0, 0.05) is 16.1 Å². The van der Waals surface area contributed by atoms with Crippen LogP contribution in [0.2, 0.25) is 0 Å². The summed E-state index contributed by atoms with van der Waals surface area (Å²) < 4.78 is 13.3. The Morgan fingerprint density at radius 2 is 1.78 bits per heavy atom. The van der Waals surface area contributed by atoms with Gasteiger partial charge in [-0.1, -0.05) is 15.9 Å². The summed E-state index contributed by atoms with van der Waals surface area (Å²) in [5.74, 6) is -4.74. The molecule has 0 aliphatic rings. The molecule has 1 N–H and O–H groups in total. The molecule has 0 saturated carbocycles. The Balaban J connectivity index is 2.57. The molecule has 6 nitrogen and oxygen atoms in total. The van der Waals surface area contributed by atoms with Crippen LogP contribution in [0.15, 0.2) is 46.9 Å². The lowest BCUT2D eigenvalue weighted by Crippen LogP contribution is -2.23. The van der Waals surface area contributed by atoms with Gasteiger partial charge in [-0.15, -0.1) is 0 Å². The highest BCUT2D eigenvalue weighted by atomic mass is 79.9. The third-order valence-electron chi connectivity index (χ3n) is 3.14. The molecule has 0 aliphatic carbocycles. The third-order valence-corrected chi connectivity index (χ3v) is 3.63. The van der Waals surface area contributed by atoms with Crippen molar-refractivity contribution in [2.24, 2.45) is 0 Å². The molecule has 1 atom stereocenters. The summed E-state index contributed by atoms with van der Waals surface area (Å²) >= 11 is 3.10. The number of hydrogen-bond donors (Lipinski definition) is 1. The van der Waals surface area contributed by atoms with Gasteiger partial charge in [0.15, 0.2) is 11.7 Å². The predicted octanol–water partition coefficient (Wildman–Crippen LogP) is 3.55. The first-order valence-electron chi connectivity index (χ1n) is 6.27. The number of ketones is 1. The molecule has 2 aromatic carbocycles. The number of hydrogen-bond acceptors (Lipinski definition) is 4. The topological polar surface area (TPSA) is 97.5 Å². The zero-order chi connectivity index (χ0) is 17.1. The number of aliphatic carboxylic acids is 1. The summed E-state index contributed by atoms with van der Waals surface area (Å²) in [5.41, 5.74) is -0.768. The fourth-order valence-corrected chi connectivity index (χ4v) is 2.47. The van der Waals surface area contributed by atoms with Gasteiger partial charge in [0.05, 0.1) is 10.5 Å². The first-order valence-corrected chi connectivity index (χ1v) is 7.07. The standard InChI is InChI=1S/C15H9BrFNO5/c16-9-3-6-12(18(22)23)11(7-9)13(15(20)21)14(19)8-1-4-10(17)5-2-8/h1-7,13H,(H,20,21). The van der Waals surface area contributed by atoms with Crippen LogP contribution in [0, 0.1) is 15.9 Å². The van der Waals surface area contributed by atoms with Crippen LogP contribution in [0.1, 0.15) is 21.8 Å². The maximum atomic E-state index is 12.9.